The molecule has 0 N–H and O–H groups in total. The fraction of sp³-hybridized carbons (Fsp3) is 0. The van der Waals surface area contributed by atoms with Crippen molar-refractivity contribution in [3.63, 3.8) is 0 Å². The molecule has 0 saturated heterocycles. The summed E-state index contributed by atoms with van der Waals surface area (Å²) in [6, 6.07) is 19.1. The molecule has 26 heavy (non-hydrogen) atoms. The van der Waals surface area contributed by atoms with E-state index in [0.717, 1.165) is 32.3 Å². The fourth-order valence-electron chi connectivity index (χ4n) is 3.42. The zero-order valence-corrected chi connectivity index (χ0v) is 13.4. The second-order valence-electron chi connectivity index (χ2n) is 5.87. The molecule has 0 aromatic heterocycles. The number of nitriles is 2. The van der Waals surface area contributed by atoms with Gasteiger partial charge in [0.2, 0.25) is 0 Å². The van der Waals surface area contributed by atoms with Gasteiger partial charge in [0.25, 0.3) is 0 Å². The van der Waals surface area contributed by atoms with E-state index in [4.69, 9.17) is 23.7 Å². The molecule has 0 aliphatic rings. The monoisotopic (exact) mass is 328 g/mol. The van der Waals surface area contributed by atoms with E-state index in [-0.39, 0.29) is 11.4 Å². The zero-order chi connectivity index (χ0) is 18.3. The molecule has 0 atom stereocenters. The summed E-state index contributed by atoms with van der Waals surface area (Å²) in [6.07, 6.45) is 0. The molecular formula is C22H8N4. The van der Waals surface area contributed by atoms with Gasteiger partial charge in [-0.05, 0) is 56.6 Å². The first-order chi connectivity index (χ1) is 12.7. The molecule has 0 radical (unpaired) electrons. The molecule has 0 heterocycles. The summed E-state index contributed by atoms with van der Waals surface area (Å²) in [5.74, 6) is 0.0556. The van der Waals surface area contributed by atoms with Crippen LogP contribution < -0.4 is 10.4 Å². The molecule has 0 bridgehead atoms. The summed E-state index contributed by atoms with van der Waals surface area (Å²) >= 11 is 0. The van der Waals surface area contributed by atoms with Gasteiger partial charge in [-0.2, -0.15) is 20.2 Å². The summed E-state index contributed by atoms with van der Waals surface area (Å²) in [7, 11) is 0. The molecule has 0 aliphatic heterocycles. The van der Waals surface area contributed by atoms with Gasteiger partial charge in [0.15, 0.2) is 0 Å². The predicted molar refractivity (Wildman–Crippen MR) is 101 cm³/mol. The number of nitrogens with zero attached hydrogens (tertiary/aromatic N) is 4. The molecule has 0 unspecified atom stereocenters. The van der Waals surface area contributed by atoms with Gasteiger partial charge in [-0.15, -0.1) is 0 Å². The maximum atomic E-state index is 9.15. The Labute approximate surface area is 148 Å². The van der Waals surface area contributed by atoms with Crippen molar-refractivity contribution in [2.24, 2.45) is 0 Å². The van der Waals surface area contributed by atoms with Gasteiger partial charge in [0, 0.05) is 5.22 Å². The van der Waals surface area contributed by atoms with E-state index in [1.54, 1.807) is 0 Å². The number of benzene rings is 4. The highest BCUT2D eigenvalue weighted by atomic mass is 14.9. The standard InChI is InChI=1S/C22H8N4/c1-25-22(26-2)18-9-15-5-3-13-7-17(19(11-23)12-24)8-14-4-6-16(10-18)21(15)20(13)14/h3-10H. The van der Waals surface area contributed by atoms with E-state index in [1.807, 2.05) is 60.7 Å². The minimum Gasteiger partial charge on any atom is -0.192 e. The fourth-order valence-corrected chi connectivity index (χ4v) is 3.42. The zero-order valence-electron chi connectivity index (χ0n) is 13.4. The van der Waals surface area contributed by atoms with Gasteiger partial charge in [-0.1, -0.05) is 24.3 Å². The van der Waals surface area contributed by atoms with E-state index >= 15 is 0 Å². The Bertz CT molecular complexity index is 1290. The largest absolute Gasteiger partial charge is 0.526 e. The van der Waals surface area contributed by atoms with Crippen LogP contribution in [0.1, 0.15) is 0 Å². The summed E-state index contributed by atoms with van der Waals surface area (Å²) in [5, 5.41) is 25.4. The van der Waals surface area contributed by atoms with Gasteiger partial charge in [0.05, 0.1) is 5.22 Å². The van der Waals surface area contributed by atoms with Crippen molar-refractivity contribution in [2.45, 2.75) is 0 Å². The molecule has 0 fully saturated rings. The predicted octanol–water partition coefficient (Wildman–Crippen LogP) is 3.69. The molecular weight excluding hydrogens is 320 g/mol. The lowest BCUT2D eigenvalue weighted by Crippen LogP contribution is -2.05. The van der Waals surface area contributed by atoms with E-state index < -0.39 is 0 Å². The van der Waals surface area contributed by atoms with Crippen molar-refractivity contribution < 1.29 is 0 Å². The molecule has 4 aromatic carbocycles. The Hall–Kier alpha value is -4.38. The van der Waals surface area contributed by atoms with Crippen molar-refractivity contribution in [2.75, 3.05) is 0 Å². The van der Waals surface area contributed by atoms with Crippen LogP contribution in [0.4, 0.5) is 0 Å². The summed E-state index contributed by atoms with van der Waals surface area (Å²) in [6.45, 7) is 14.4. The third-order valence-corrected chi connectivity index (χ3v) is 4.52. The van der Waals surface area contributed by atoms with Crippen molar-refractivity contribution in [3.05, 3.63) is 81.8 Å². The maximum Gasteiger partial charge on any atom is 0.526 e. The maximum absolute atomic E-state index is 9.15. The first-order valence-corrected chi connectivity index (χ1v) is 7.72. The Morgan fingerprint density at radius 3 is 1.42 bits per heavy atom. The van der Waals surface area contributed by atoms with Crippen molar-refractivity contribution in [1.82, 2.24) is 0 Å². The number of rotatable bonds is 0. The van der Waals surface area contributed by atoms with Crippen LogP contribution in [0.25, 0.3) is 53.4 Å². The molecule has 0 amide bonds. The third-order valence-electron chi connectivity index (χ3n) is 4.52. The van der Waals surface area contributed by atoms with Crippen molar-refractivity contribution in [3.8, 4) is 12.1 Å². The van der Waals surface area contributed by atoms with Gasteiger partial charge in [-0.3, -0.25) is 0 Å². The number of hydrogen-bond acceptors (Lipinski definition) is 2. The number of hydrogen-bond donors (Lipinski definition) is 0. The van der Waals surface area contributed by atoms with Crippen LogP contribution in [-0.4, -0.2) is 0 Å². The second kappa shape index (κ2) is 5.61. The first-order valence-electron chi connectivity index (χ1n) is 7.72. The van der Waals surface area contributed by atoms with E-state index in [1.165, 1.54) is 0 Å². The van der Waals surface area contributed by atoms with Crippen molar-refractivity contribution in [1.29, 1.82) is 10.5 Å². The van der Waals surface area contributed by atoms with Gasteiger partial charge >= 0.3 is 5.82 Å². The molecule has 4 heteroatoms. The van der Waals surface area contributed by atoms with E-state index in [0.29, 0.717) is 10.4 Å². The summed E-state index contributed by atoms with van der Waals surface area (Å²) < 4.78 is 0. The lowest BCUT2D eigenvalue weighted by Gasteiger charge is -2.10. The van der Waals surface area contributed by atoms with Crippen molar-refractivity contribution >= 4 is 43.7 Å². The molecule has 4 aromatic rings. The Morgan fingerprint density at radius 2 is 1.08 bits per heavy atom. The van der Waals surface area contributed by atoms with Gasteiger partial charge in [-0.25, -0.2) is 0 Å². The average Bonchev–Trinajstić information content (AvgIpc) is 2.67. The Balaban J connectivity index is 2.26. The van der Waals surface area contributed by atoms with E-state index in [9.17, 15) is 0 Å². The minimum absolute atomic E-state index is 0.0556. The molecule has 0 saturated carbocycles. The smallest absolute Gasteiger partial charge is 0.192 e. The van der Waals surface area contributed by atoms with Crippen LogP contribution >= 0.6 is 0 Å². The summed E-state index contributed by atoms with van der Waals surface area (Å²) in [5.41, 5.74) is 0.0890. The SMILES string of the molecule is [C-]#[N+]C([N+]#[C-])=c1cc2ccc3cc(=C(C#N)C#N)cc4ccc(c1)c2c34. The lowest BCUT2D eigenvalue weighted by molar-refractivity contribution is 1.50. The molecule has 4 rings (SSSR count). The molecule has 0 spiro atoms. The quantitative estimate of drug-likeness (QED) is 0.365. The molecule has 4 nitrogen and oxygen atoms in total. The van der Waals surface area contributed by atoms with E-state index in [2.05, 4.69) is 9.69 Å². The highest BCUT2D eigenvalue weighted by molar-refractivity contribution is 6.23. The van der Waals surface area contributed by atoms with Crippen LogP contribution in [0.15, 0.2) is 48.5 Å². The normalized spacial score (nSPS) is 10.2. The van der Waals surface area contributed by atoms with Crippen LogP contribution in [0.5, 0.6) is 0 Å². The highest BCUT2D eigenvalue weighted by Crippen LogP contribution is 2.32. The summed E-state index contributed by atoms with van der Waals surface area (Å²) in [4.78, 5) is 6.62. The molecule has 116 valence electrons. The van der Waals surface area contributed by atoms with Gasteiger partial charge in [0.1, 0.15) is 30.9 Å². The lowest BCUT2D eigenvalue weighted by atomic mass is 9.93. The molecule has 0 aliphatic carbocycles. The minimum atomic E-state index is 0.0556. The average molecular weight is 328 g/mol. The Morgan fingerprint density at radius 1 is 0.692 bits per heavy atom. The first kappa shape index (κ1) is 15.2. The third kappa shape index (κ3) is 2.05. The van der Waals surface area contributed by atoms with Crippen LogP contribution in [0, 0.1) is 35.8 Å². The second-order valence-corrected chi connectivity index (χ2v) is 5.87. The Kier molecular flexibility index (Phi) is 3.27. The highest BCUT2D eigenvalue weighted by Gasteiger charge is 2.12. The van der Waals surface area contributed by atoms with Crippen LogP contribution in [0.3, 0.4) is 0 Å². The van der Waals surface area contributed by atoms with Crippen LogP contribution in [-0.2, 0) is 0 Å². The van der Waals surface area contributed by atoms with Crippen LogP contribution in [0.2, 0.25) is 0 Å². The topological polar surface area (TPSA) is 56.3 Å². The van der Waals surface area contributed by atoms with Gasteiger partial charge < -0.3 is 0 Å².